The summed E-state index contributed by atoms with van der Waals surface area (Å²) >= 11 is 0. The molecule has 0 N–H and O–H groups in total. The molecule has 0 spiro atoms. The summed E-state index contributed by atoms with van der Waals surface area (Å²) in [5.74, 6) is 0.628. The molecule has 7 nitrogen and oxygen atoms in total. The zero-order chi connectivity index (χ0) is 17.8. The molecular weight excluding hydrogens is 340 g/mol. The molecule has 8 heteroatoms. The smallest absolute Gasteiger partial charge is 0.309 e. The van der Waals surface area contributed by atoms with Gasteiger partial charge in [0.05, 0.1) is 23.7 Å². The van der Waals surface area contributed by atoms with Crippen LogP contribution in [-0.4, -0.2) is 47.9 Å². The maximum Gasteiger partial charge on any atom is 0.309 e. The van der Waals surface area contributed by atoms with Gasteiger partial charge >= 0.3 is 10.2 Å². The molecule has 4 rings (SSSR count). The highest BCUT2D eigenvalue weighted by molar-refractivity contribution is 7.87. The van der Waals surface area contributed by atoms with Crippen molar-refractivity contribution in [3.05, 3.63) is 42.5 Å². The number of hydrogen-bond donors (Lipinski definition) is 0. The van der Waals surface area contributed by atoms with Crippen molar-refractivity contribution in [1.82, 2.24) is 18.2 Å². The van der Waals surface area contributed by atoms with Gasteiger partial charge in [0.25, 0.3) is 0 Å². The van der Waals surface area contributed by atoms with Crippen LogP contribution in [0, 0.1) is 0 Å². The SMILES string of the molecule is COc1ccc2c(c1)c1nc3ccccc3nc1n2S(=O)(=O)N(C)C. The van der Waals surface area contributed by atoms with Crippen LogP contribution >= 0.6 is 0 Å². The second-order valence-corrected chi connectivity index (χ2v) is 7.81. The maximum atomic E-state index is 12.9. The molecule has 0 aliphatic carbocycles. The number of rotatable bonds is 3. The zero-order valence-electron chi connectivity index (χ0n) is 14.0. The van der Waals surface area contributed by atoms with Crippen LogP contribution in [-0.2, 0) is 10.2 Å². The van der Waals surface area contributed by atoms with Crippen molar-refractivity contribution in [2.45, 2.75) is 0 Å². The van der Waals surface area contributed by atoms with Gasteiger partial charge in [-0.15, -0.1) is 0 Å². The molecule has 0 unspecified atom stereocenters. The highest BCUT2D eigenvalue weighted by atomic mass is 32.2. The molecular formula is C17H16N4O3S. The third kappa shape index (κ3) is 2.25. The van der Waals surface area contributed by atoms with Crippen molar-refractivity contribution in [3.63, 3.8) is 0 Å². The Bertz CT molecular complexity index is 1230. The first-order valence-electron chi connectivity index (χ1n) is 7.61. The van der Waals surface area contributed by atoms with Gasteiger partial charge in [0, 0.05) is 19.5 Å². The lowest BCUT2D eigenvalue weighted by molar-refractivity contribution is 0.415. The van der Waals surface area contributed by atoms with Crippen LogP contribution in [0.2, 0.25) is 0 Å². The van der Waals surface area contributed by atoms with E-state index in [0.717, 1.165) is 4.31 Å². The number of fused-ring (bicyclic) bond motifs is 4. The molecule has 0 bridgehead atoms. The summed E-state index contributed by atoms with van der Waals surface area (Å²) in [6, 6.07) is 12.6. The predicted molar refractivity (Wildman–Crippen MR) is 97.1 cm³/mol. The number of para-hydroxylation sites is 2. The Morgan fingerprint density at radius 3 is 2.36 bits per heavy atom. The average Bonchev–Trinajstić information content (AvgIpc) is 2.92. The maximum absolute atomic E-state index is 12.9. The summed E-state index contributed by atoms with van der Waals surface area (Å²) in [7, 11) is 0.781. The molecule has 0 radical (unpaired) electrons. The summed E-state index contributed by atoms with van der Waals surface area (Å²) in [6.45, 7) is 0. The second-order valence-electron chi connectivity index (χ2n) is 5.82. The molecule has 2 aromatic carbocycles. The summed E-state index contributed by atoms with van der Waals surface area (Å²) in [6.07, 6.45) is 0. The molecule has 0 saturated heterocycles. The van der Waals surface area contributed by atoms with E-state index in [2.05, 4.69) is 9.97 Å². The minimum Gasteiger partial charge on any atom is -0.497 e. The van der Waals surface area contributed by atoms with Gasteiger partial charge < -0.3 is 4.74 Å². The highest BCUT2D eigenvalue weighted by Crippen LogP contribution is 2.32. The average molecular weight is 356 g/mol. The number of ether oxygens (including phenoxy) is 1. The molecule has 128 valence electrons. The van der Waals surface area contributed by atoms with Gasteiger partial charge in [0.2, 0.25) is 0 Å². The Balaban J connectivity index is 2.26. The van der Waals surface area contributed by atoms with E-state index in [1.807, 2.05) is 24.3 Å². The number of benzene rings is 2. The fourth-order valence-corrected chi connectivity index (χ4v) is 3.91. The van der Waals surface area contributed by atoms with Gasteiger partial charge in [-0.05, 0) is 30.3 Å². The summed E-state index contributed by atoms with van der Waals surface area (Å²) in [5, 5.41) is 0.679. The van der Waals surface area contributed by atoms with Crippen molar-refractivity contribution in [2.75, 3.05) is 21.2 Å². The largest absolute Gasteiger partial charge is 0.497 e. The summed E-state index contributed by atoms with van der Waals surface area (Å²) in [5.41, 5.74) is 2.69. The Morgan fingerprint density at radius 2 is 1.72 bits per heavy atom. The molecule has 0 atom stereocenters. The molecule has 25 heavy (non-hydrogen) atoms. The Labute approximate surface area is 144 Å². The molecule has 0 fully saturated rings. The number of nitrogens with zero attached hydrogens (tertiary/aromatic N) is 4. The van der Waals surface area contributed by atoms with Gasteiger partial charge in [-0.2, -0.15) is 12.7 Å². The predicted octanol–water partition coefficient (Wildman–Crippen LogP) is 2.40. The zero-order valence-corrected chi connectivity index (χ0v) is 14.8. The van der Waals surface area contributed by atoms with Gasteiger partial charge in [-0.1, -0.05) is 12.1 Å². The molecule has 2 aromatic heterocycles. The topological polar surface area (TPSA) is 77.3 Å². The third-order valence-electron chi connectivity index (χ3n) is 4.11. The van der Waals surface area contributed by atoms with E-state index < -0.39 is 10.2 Å². The molecule has 0 aliphatic rings. The monoisotopic (exact) mass is 356 g/mol. The quantitative estimate of drug-likeness (QED) is 0.563. The van der Waals surface area contributed by atoms with E-state index in [9.17, 15) is 8.42 Å². The number of methoxy groups -OCH3 is 1. The van der Waals surface area contributed by atoms with Gasteiger partial charge in [-0.25, -0.2) is 13.9 Å². The highest BCUT2D eigenvalue weighted by Gasteiger charge is 2.25. The molecule has 0 aliphatic heterocycles. The van der Waals surface area contributed by atoms with Crippen LogP contribution in [0.15, 0.2) is 42.5 Å². The lowest BCUT2D eigenvalue weighted by Gasteiger charge is -2.14. The number of aromatic nitrogens is 3. The minimum atomic E-state index is -3.77. The van der Waals surface area contributed by atoms with E-state index in [4.69, 9.17) is 4.74 Å². The van der Waals surface area contributed by atoms with Crippen molar-refractivity contribution in [1.29, 1.82) is 0 Å². The summed E-state index contributed by atoms with van der Waals surface area (Å²) in [4.78, 5) is 9.23. The van der Waals surface area contributed by atoms with Gasteiger partial charge in [0.15, 0.2) is 5.65 Å². The normalized spacial score (nSPS) is 12.5. The van der Waals surface area contributed by atoms with E-state index in [0.29, 0.717) is 38.8 Å². The Hall–Kier alpha value is -2.71. The van der Waals surface area contributed by atoms with Crippen molar-refractivity contribution >= 4 is 43.3 Å². The molecule has 0 saturated carbocycles. The van der Waals surface area contributed by atoms with Crippen LogP contribution < -0.4 is 4.74 Å². The van der Waals surface area contributed by atoms with Crippen LogP contribution in [0.4, 0.5) is 0 Å². The first-order valence-corrected chi connectivity index (χ1v) is 9.01. The number of hydrogen-bond acceptors (Lipinski definition) is 5. The molecule has 0 amide bonds. The molecule has 4 aromatic rings. The summed E-state index contributed by atoms with van der Waals surface area (Å²) < 4.78 is 33.5. The first-order chi connectivity index (χ1) is 11.9. The van der Waals surface area contributed by atoms with E-state index in [1.54, 1.807) is 25.3 Å². The van der Waals surface area contributed by atoms with Gasteiger partial charge in [0.1, 0.15) is 11.3 Å². The van der Waals surface area contributed by atoms with Crippen LogP contribution in [0.1, 0.15) is 0 Å². The van der Waals surface area contributed by atoms with Crippen molar-refractivity contribution < 1.29 is 13.2 Å². The van der Waals surface area contributed by atoms with E-state index in [1.165, 1.54) is 18.1 Å². The standard InChI is InChI=1S/C17H16N4O3S/c1-20(2)25(22,23)21-15-9-8-11(24-3)10-12(15)16-17(21)19-14-7-5-4-6-13(14)18-16/h4-10H,1-3H3. The van der Waals surface area contributed by atoms with Crippen molar-refractivity contribution in [3.8, 4) is 5.75 Å². The van der Waals surface area contributed by atoms with Crippen LogP contribution in [0.5, 0.6) is 5.75 Å². The molecule has 2 heterocycles. The lowest BCUT2D eigenvalue weighted by Crippen LogP contribution is -2.28. The van der Waals surface area contributed by atoms with Gasteiger partial charge in [-0.3, -0.25) is 0 Å². The fourth-order valence-electron chi connectivity index (χ4n) is 2.83. The van der Waals surface area contributed by atoms with Crippen molar-refractivity contribution in [2.24, 2.45) is 0 Å². The lowest BCUT2D eigenvalue weighted by atomic mass is 10.2. The van der Waals surface area contributed by atoms with Crippen LogP contribution in [0.3, 0.4) is 0 Å². The van der Waals surface area contributed by atoms with Crippen LogP contribution in [0.25, 0.3) is 33.1 Å². The third-order valence-corrected chi connectivity index (χ3v) is 5.87. The van der Waals surface area contributed by atoms with E-state index in [-0.39, 0.29) is 0 Å². The first kappa shape index (κ1) is 15.8. The Kier molecular flexibility index (Phi) is 3.41. The van der Waals surface area contributed by atoms with E-state index >= 15 is 0 Å². The second kappa shape index (κ2) is 5.40. The minimum absolute atomic E-state index is 0.302. The Morgan fingerprint density at radius 1 is 1.04 bits per heavy atom. The fraction of sp³-hybridized carbons (Fsp3) is 0.176.